The fourth-order valence-electron chi connectivity index (χ4n) is 3.13. The molecule has 110 valence electrons. The molecule has 2 unspecified atom stereocenters. The van der Waals surface area contributed by atoms with Crippen molar-refractivity contribution >= 4 is 0 Å². The zero-order valence-corrected chi connectivity index (χ0v) is 11.8. The maximum absolute atomic E-state index is 12.1. The number of ether oxygens (including phenoxy) is 1. The lowest BCUT2D eigenvalue weighted by atomic mass is 10.0. The molecule has 1 saturated carbocycles. The van der Waals surface area contributed by atoms with Crippen LogP contribution in [0.15, 0.2) is 9.59 Å². The van der Waals surface area contributed by atoms with Crippen molar-refractivity contribution in [2.45, 2.75) is 51.2 Å². The first-order valence-corrected chi connectivity index (χ1v) is 7.20. The molecule has 2 fully saturated rings. The lowest BCUT2D eigenvalue weighted by Gasteiger charge is -2.22. The lowest BCUT2D eigenvalue weighted by molar-refractivity contribution is 0.0721. The van der Waals surface area contributed by atoms with Crippen LogP contribution >= 0.6 is 0 Å². The van der Waals surface area contributed by atoms with Gasteiger partial charge in [0.05, 0.1) is 17.7 Å². The molecule has 2 N–H and O–H groups in total. The van der Waals surface area contributed by atoms with Gasteiger partial charge < -0.3 is 9.84 Å². The quantitative estimate of drug-likeness (QED) is 0.868. The van der Waals surface area contributed by atoms with Crippen LogP contribution in [0.3, 0.4) is 0 Å². The van der Waals surface area contributed by atoms with Gasteiger partial charge in [0.25, 0.3) is 5.56 Å². The molecule has 20 heavy (non-hydrogen) atoms. The molecule has 1 aromatic rings. The minimum atomic E-state index is -0.543. The topological polar surface area (TPSA) is 84.3 Å². The first-order valence-electron chi connectivity index (χ1n) is 7.20. The van der Waals surface area contributed by atoms with Crippen LogP contribution in [0.1, 0.15) is 50.6 Å². The van der Waals surface area contributed by atoms with Crippen molar-refractivity contribution in [1.82, 2.24) is 9.55 Å². The zero-order chi connectivity index (χ0) is 14.4. The molecule has 6 heteroatoms. The van der Waals surface area contributed by atoms with Crippen molar-refractivity contribution in [3.05, 3.63) is 26.4 Å². The fraction of sp³-hybridized carbons (Fsp3) is 0.714. The van der Waals surface area contributed by atoms with Crippen molar-refractivity contribution in [3.63, 3.8) is 0 Å². The molecule has 2 atom stereocenters. The number of nitrogens with zero attached hydrogens (tertiary/aromatic N) is 1. The predicted molar refractivity (Wildman–Crippen MR) is 73.2 cm³/mol. The molecule has 3 rings (SSSR count). The SMILES string of the molecule is CC(C)c1c(O)n(C2CCOC2C2CC2)c(=O)[nH]c1=O. The molecule has 0 radical (unpaired) electrons. The van der Waals surface area contributed by atoms with E-state index >= 15 is 0 Å². The van der Waals surface area contributed by atoms with Crippen molar-refractivity contribution < 1.29 is 9.84 Å². The Morgan fingerprint density at radius 1 is 1.30 bits per heavy atom. The Labute approximate surface area is 116 Å². The maximum atomic E-state index is 12.1. The van der Waals surface area contributed by atoms with Crippen LogP contribution in [-0.4, -0.2) is 27.4 Å². The van der Waals surface area contributed by atoms with Gasteiger partial charge in [-0.25, -0.2) is 4.79 Å². The first kappa shape index (κ1) is 13.4. The number of hydrogen-bond acceptors (Lipinski definition) is 4. The third kappa shape index (κ3) is 2.08. The summed E-state index contributed by atoms with van der Waals surface area (Å²) in [7, 11) is 0. The van der Waals surface area contributed by atoms with Crippen LogP contribution in [-0.2, 0) is 4.74 Å². The molecule has 1 aliphatic heterocycles. The summed E-state index contributed by atoms with van der Waals surface area (Å²) in [5.41, 5.74) is -0.773. The van der Waals surface area contributed by atoms with Gasteiger partial charge in [-0.2, -0.15) is 0 Å². The number of hydrogen-bond donors (Lipinski definition) is 2. The van der Waals surface area contributed by atoms with E-state index in [0.29, 0.717) is 18.9 Å². The highest BCUT2D eigenvalue weighted by Crippen LogP contribution is 2.44. The van der Waals surface area contributed by atoms with Crippen LogP contribution in [0.5, 0.6) is 5.88 Å². The van der Waals surface area contributed by atoms with Crippen LogP contribution < -0.4 is 11.2 Å². The zero-order valence-electron chi connectivity index (χ0n) is 11.8. The summed E-state index contributed by atoms with van der Waals surface area (Å²) in [5.74, 6) is 0.130. The predicted octanol–water partition coefficient (Wildman–Crippen LogP) is 1.11. The van der Waals surface area contributed by atoms with Crippen molar-refractivity contribution in [2.75, 3.05) is 6.61 Å². The smallest absolute Gasteiger partial charge is 0.331 e. The second-order valence-electron chi connectivity index (χ2n) is 6.05. The van der Waals surface area contributed by atoms with Crippen LogP contribution in [0.25, 0.3) is 0 Å². The van der Waals surface area contributed by atoms with E-state index < -0.39 is 11.2 Å². The minimum Gasteiger partial charge on any atom is -0.494 e. The van der Waals surface area contributed by atoms with E-state index in [1.54, 1.807) is 0 Å². The van der Waals surface area contributed by atoms with Gasteiger partial charge in [-0.15, -0.1) is 0 Å². The Bertz CT molecular complexity index is 627. The molecule has 0 amide bonds. The number of aromatic nitrogens is 2. The van der Waals surface area contributed by atoms with Crippen molar-refractivity contribution in [1.29, 1.82) is 0 Å². The summed E-state index contributed by atoms with van der Waals surface area (Å²) >= 11 is 0. The van der Waals surface area contributed by atoms with Gasteiger partial charge in [-0.1, -0.05) is 13.8 Å². The van der Waals surface area contributed by atoms with E-state index in [2.05, 4.69) is 4.98 Å². The van der Waals surface area contributed by atoms with Gasteiger partial charge in [0.2, 0.25) is 5.88 Å². The minimum absolute atomic E-state index is 0.0236. The van der Waals surface area contributed by atoms with E-state index in [-0.39, 0.29) is 29.5 Å². The van der Waals surface area contributed by atoms with E-state index in [1.807, 2.05) is 13.8 Å². The maximum Gasteiger partial charge on any atom is 0.331 e. The lowest BCUT2D eigenvalue weighted by Crippen LogP contribution is -2.37. The highest BCUT2D eigenvalue weighted by Gasteiger charge is 2.43. The van der Waals surface area contributed by atoms with E-state index in [9.17, 15) is 14.7 Å². The molecular weight excluding hydrogens is 260 g/mol. The standard InChI is InChI=1S/C14H20N2O4/c1-7(2)10-12(17)15-14(19)16(13(10)18)9-5-6-20-11(9)8-3-4-8/h7-9,11,18H,3-6H2,1-2H3,(H,15,17,19). The monoisotopic (exact) mass is 280 g/mol. The molecule has 0 spiro atoms. The highest BCUT2D eigenvalue weighted by molar-refractivity contribution is 5.26. The number of nitrogens with one attached hydrogen (secondary N) is 1. The molecule has 6 nitrogen and oxygen atoms in total. The summed E-state index contributed by atoms with van der Waals surface area (Å²) in [5, 5.41) is 10.4. The fourth-order valence-corrected chi connectivity index (χ4v) is 3.13. The van der Waals surface area contributed by atoms with E-state index in [0.717, 1.165) is 12.8 Å². The van der Waals surface area contributed by atoms with E-state index in [4.69, 9.17) is 4.74 Å². The van der Waals surface area contributed by atoms with Gasteiger partial charge in [0.1, 0.15) is 0 Å². The second kappa shape index (κ2) is 4.77. The Morgan fingerprint density at radius 3 is 2.60 bits per heavy atom. The Balaban J connectivity index is 2.11. The number of H-pyrrole nitrogens is 1. The molecule has 1 aliphatic carbocycles. The van der Waals surface area contributed by atoms with E-state index in [1.165, 1.54) is 4.57 Å². The van der Waals surface area contributed by atoms with Gasteiger partial charge in [-0.05, 0) is 31.1 Å². The summed E-state index contributed by atoms with van der Waals surface area (Å²) in [6, 6.07) is -0.177. The summed E-state index contributed by atoms with van der Waals surface area (Å²) in [6.07, 6.45) is 2.89. The summed E-state index contributed by atoms with van der Waals surface area (Å²) < 4.78 is 7.05. The van der Waals surface area contributed by atoms with Crippen molar-refractivity contribution in [2.24, 2.45) is 5.92 Å². The molecular formula is C14H20N2O4. The summed E-state index contributed by atoms with van der Waals surface area (Å²) in [6.45, 7) is 4.24. The van der Waals surface area contributed by atoms with Crippen LogP contribution in [0.4, 0.5) is 0 Å². The van der Waals surface area contributed by atoms with Crippen LogP contribution in [0, 0.1) is 5.92 Å². The average molecular weight is 280 g/mol. The molecule has 1 saturated heterocycles. The molecule has 0 bridgehead atoms. The summed E-state index contributed by atoms with van der Waals surface area (Å²) in [4.78, 5) is 26.3. The molecule has 2 heterocycles. The van der Waals surface area contributed by atoms with Gasteiger partial charge in [0.15, 0.2) is 0 Å². The molecule has 2 aliphatic rings. The largest absolute Gasteiger partial charge is 0.494 e. The number of rotatable bonds is 3. The molecule has 1 aromatic heterocycles. The second-order valence-corrected chi connectivity index (χ2v) is 6.05. The number of aromatic hydroxyl groups is 1. The first-order chi connectivity index (χ1) is 9.50. The van der Waals surface area contributed by atoms with Gasteiger partial charge >= 0.3 is 5.69 Å². The normalized spacial score (nSPS) is 26.4. The Hall–Kier alpha value is -1.56. The number of aromatic amines is 1. The highest BCUT2D eigenvalue weighted by atomic mass is 16.5. The average Bonchev–Trinajstić information content (AvgIpc) is 3.08. The molecule has 0 aromatic carbocycles. The third-order valence-electron chi connectivity index (χ3n) is 4.25. The van der Waals surface area contributed by atoms with Gasteiger partial charge in [-0.3, -0.25) is 14.3 Å². The third-order valence-corrected chi connectivity index (χ3v) is 4.25. The van der Waals surface area contributed by atoms with Gasteiger partial charge in [0, 0.05) is 6.61 Å². The van der Waals surface area contributed by atoms with Crippen molar-refractivity contribution in [3.8, 4) is 5.88 Å². The Morgan fingerprint density at radius 2 is 2.00 bits per heavy atom. The van der Waals surface area contributed by atoms with Crippen LogP contribution in [0.2, 0.25) is 0 Å². The Kier molecular flexibility index (Phi) is 3.20.